The first-order valence-corrected chi connectivity index (χ1v) is 3.52. The molecule has 0 aromatic heterocycles. The number of nitrogens with two attached hydrogens (primary N) is 2. The Balaban J connectivity index is 3.38. The molecule has 0 fully saturated rings. The van der Waals surface area contributed by atoms with Gasteiger partial charge in [0.1, 0.15) is 0 Å². The highest BCUT2D eigenvalue weighted by Gasteiger charge is 2.04. The summed E-state index contributed by atoms with van der Waals surface area (Å²) >= 11 is 0. The van der Waals surface area contributed by atoms with Crippen molar-refractivity contribution in [1.29, 1.82) is 0 Å². The number of carboxylic acid groups (broad SMARTS) is 1. The number of carbonyl (C=O) groups excluding carboxylic acids is 1. The topological polar surface area (TPSA) is 118 Å². The Morgan fingerprint density at radius 3 is 2.42 bits per heavy atom. The van der Waals surface area contributed by atoms with E-state index >= 15 is 0 Å². The number of aliphatic carboxylic acids is 1. The summed E-state index contributed by atoms with van der Waals surface area (Å²) in [5.41, 5.74) is 10.3. The van der Waals surface area contributed by atoms with Crippen molar-refractivity contribution in [3.8, 4) is 0 Å². The Labute approximate surface area is 69.9 Å². The lowest BCUT2D eigenvalue weighted by atomic mass is 10.3. The zero-order valence-corrected chi connectivity index (χ0v) is 6.62. The van der Waals surface area contributed by atoms with Crippen LogP contribution in [0.3, 0.4) is 0 Å². The molecule has 0 spiro atoms. The Bertz CT molecular complexity index is 169. The summed E-state index contributed by atoms with van der Waals surface area (Å²) in [5.74, 6) is -1.28. The smallest absolute Gasteiger partial charge is 0.305 e. The van der Waals surface area contributed by atoms with Crippen LogP contribution in [0.2, 0.25) is 0 Å². The van der Waals surface area contributed by atoms with Crippen LogP contribution in [0.25, 0.3) is 0 Å². The number of carbonyl (C=O) groups is 2. The van der Waals surface area contributed by atoms with Gasteiger partial charge in [-0.05, 0) is 0 Å². The van der Waals surface area contributed by atoms with E-state index < -0.39 is 12.1 Å². The number of hydrogen-bond donors (Lipinski definition) is 4. The molecule has 0 aliphatic rings. The fourth-order valence-electron chi connectivity index (χ4n) is 0.595. The maximum Gasteiger partial charge on any atom is 0.305 e. The van der Waals surface area contributed by atoms with Crippen LogP contribution >= 0.6 is 0 Å². The number of hydrogen-bond acceptors (Lipinski definition) is 4. The average Bonchev–Trinajstić information content (AvgIpc) is 1.84. The third-order valence-electron chi connectivity index (χ3n) is 1.08. The molecule has 0 aromatic carbocycles. The van der Waals surface area contributed by atoms with Gasteiger partial charge in [0.15, 0.2) is 0 Å². The van der Waals surface area contributed by atoms with Crippen LogP contribution < -0.4 is 16.8 Å². The Morgan fingerprint density at radius 1 is 1.42 bits per heavy atom. The van der Waals surface area contributed by atoms with Gasteiger partial charge in [-0.25, -0.2) is 0 Å². The van der Waals surface area contributed by atoms with Crippen molar-refractivity contribution in [2.75, 3.05) is 6.54 Å². The Kier molecular flexibility index (Phi) is 4.98. The molecule has 0 bridgehead atoms. The summed E-state index contributed by atoms with van der Waals surface area (Å²) in [6.07, 6.45) is -0.764. The van der Waals surface area contributed by atoms with E-state index in [0.717, 1.165) is 0 Å². The molecule has 0 aliphatic carbocycles. The second-order valence-electron chi connectivity index (χ2n) is 2.36. The van der Waals surface area contributed by atoms with Crippen LogP contribution in [0.1, 0.15) is 12.8 Å². The molecule has 0 aliphatic heterocycles. The Morgan fingerprint density at radius 2 is 2.00 bits per heavy atom. The predicted molar refractivity (Wildman–Crippen MR) is 42.0 cm³/mol. The van der Waals surface area contributed by atoms with Crippen LogP contribution in [-0.4, -0.2) is 29.7 Å². The molecule has 0 radical (unpaired) electrons. The average molecular weight is 175 g/mol. The van der Waals surface area contributed by atoms with Crippen LogP contribution in [0, 0.1) is 0 Å². The lowest BCUT2D eigenvalue weighted by molar-refractivity contribution is -0.136. The van der Waals surface area contributed by atoms with Gasteiger partial charge in [0, 0.05) is 6.54 Å². The van der Waals surface area contributed by atoms with Gasteiger partial charge in [-0.1, -0.05) is 0 Å². The van der Waals surface area contributed by atoms with E-state index in [1.54, 1.807) is 0 Å². The summed E-state index contributed by atoms with van der Waals surface area (Å²) < 4.78 is 0. The highest BCUT2D eigenvalue weighted by molar-refractivity contribution is 5.77. The highest BCUT2D eigenvalue weighted by atomic mass is 16.4. The molecule has 0 rings (SSSR count). The third-order valence-corrected chi connectivity index (χ3v) is 1.08. The van der Waals surface area contributed by atoms with Crippen molar-refractivity contribution in [1.82, 2.24) is 5.32 Å². The molecular weight excluding hydrogens is 162 g/mol. The molecule has 6 nitrogen and oxygen atoms in total. The van der Waals surface area contributed by atoms with E-state index in [2.05, 4.69) is 5.32 Å². The van der Waals surface area contributed by atoms with Crippen LogP contribution in [0.15, 0.2) is 0 Å². The van der Waals surface area contributed by atoms with E-state index in [4.69, 9.17) is 16.6 Å². The monoisotopic (exact) mass is 175 g/mol. The van der Waals surface area contributed by atoms with E-state index in [-0.39, 0.29) is 25.3 Å². The van der Waals surface area contributed by atoms with Gasteiger partial charge < -0.3 is 21.9 Å². The SMILES string of the molecule is NC(N)CC(=O)NCCC(=O)O. The minimum absolute atomic E-state index is 0.0135. The van der Waals surface area contributed by atoms with Gasteiger partial charge >= 0.3 is 5.97 Å². The zero-order valence-electron chi connectivity index (χ0n) is 6.62. The maximum absolute atomic E-state index is 10.8. The number of amides is 1. The van der Waals surface area contributed by atoms with Gasteiger partial charge in [-0.15, -0.1) is 0 Å². The number of rotatable bonds is 5. The molecule has 12 heavy (non-hydrogen) atoms. The van der Waals surface area contributed by atoms with Crippen LogP contribution in [-0.2, 0) is 9.59 Å². The van der Waals surface area contributed by atoms with Crippen molar-refractivity contribution in [3.63, 3.8) is 0 Å². The summed E-state index contributed by atoms with van der Waals surface area (Å²) in [6.45, 7) is 0.112. The fraction of sp³-hybridized carbons (Fsp3) is 0.667. The molecule has 1 amide bonds. The molecule has 0 saturated heterocycles. The maximum atomic E-state index is 10.8. The van der Waals surface area contributed by atoms with Gasteiger partial charge in [0.05, 0.1) is 19.0 Å². The summed E-state index contributed by atoms with van der Waals surface area (Å²) in [7, 11) is 0. The lowest BCUT2D eigenvalue weighted by Crippen LogP contribution is -2.38. The first kappa shape index (κ1) is 10.9. The molecule has 0 atom stereocenters. The van der Waals surface area contributed by atoms with Crippen molar-refractivity contribution in [2.24, 2.45) is 11.5 Å². The largest absolute Gasteiger partial charge is 0.481 e. The first-order valence-electron chi connectivity index (χ1n) is 3.52. The summed E-state index contributed by atoms with van der Waals surface area (Å²) in [6, 6.07) is 0. The van der Waals surface area contributed by atoms with Gasteiger partial charge in [-0.2, -0.15) is 0 Å². The fourth-order valence-corrected chi connectivity index (χ4v) is 0.595. The van der Waals surface area contributed by atoms with E-state index in [1.165, 1.54) is 0 Å². The van der Waals surface area contributed by atoms with Crippen molar-refractivity contribution in [3.05, 3.63) is 0 Å². The van der Waals surface area contributed by atoms with Gasteiger partial charge in [0.2, 0.25) is 5.91 Å². The molecule has 0 aromatic rings. The molecule has 0 unspecified atom stereocenters. The molecule has 6 N–H and O–H groups in total. The number of nitrogens with one attached hydrogen (secondary N) is 1. The Hall–Kier alpha value is -1.14. The molecule has 6 heteroatoms. The standard InChI is InChI=1S/C6H13N3O3/c7-4(8)3-5(10)9-2-1-6(11)12/h4H,1-3,7-8H2,(H,9,10)(H,11,12). The highest BCUT2D eigenvalue weighted by Crippen LogP contribution is 1.81. The van der Waals surface area contributed by atoms with Crippen LogP contribution in [0.5, 0.6) is 0 Å². The summed E-state index contributed by atoms with van der Waals surface area (Å²) in [5, 5.41) is 10.6. The quantitative estimate of drug-likeness (QED) is 0.368. The summed E-state index contributed by atoms with van der Waals surface area (Å²) in [4.78, 5) is 20.8. The molecule has 0 saturated carbocycles. The van der Waals surface area contributed by atoms with Crippen LogP contribution in [0.4, 0.5) is 0 Å². The third kappa shape index (κ3) is 6.97. The molecular formula is C6H13N3O3. The minimum atomic E-state index is -0.952. The second-order valence-corrected chi connectivity index (χ2v) is 2.36. The van der Waals surface area contributed by atoms with E-state index in [0.29, 0.717) is 0 Å². The first-order chi connectivity index (χ1) is 5.52. The van der Waals surface area contributed by atoms with Crippen molar-refractivity contribution in [2.45, 2.75) is 19.0 Å². The van der Waals surface area contributed by atoms with Gasteiger partial charge in [-0.3, -0.25) is 9.59 Å². The number of carboxylic acids is 1. The second kappa shape index (κ2) is 5.50. The molecule has 0 heterocycles. The van der Waals surface area contributed by atoms with Gasteiger partial charge in [0.25, 0.3) is 0 Å². The predicted octanol–water partition coefficient (Wildman–Crippen LogP) is -1.79. The van der Waals surface area contributed by atoms with E-state index in [9.17, 15) is 9.59 Å². The van der Waals surface area contributed by atoms with E-state index in [1.807, 2.05) is 0 Å². The molecule has 70 valence electrons. The zero-order chi connectivity index (χ0) is 9.56. The van der Waals surface area contributed by atoms with Crippen molar-refractivity contribution >= 4 is 11.9 Å². The minimum Gasteiger partial charge on any atom is -0.481 e. The lowest BCUT2D eigenvalue weighted by Gasteiger charge is -2.05. The normalized spacial score (nSPS) is 9.92. The van der Waals surface area contributed by atoms with Crippen molar-refractivity contribution < 1.29 is 14.7 Å².